The number of hydrogen-bond donors (Lipinski definition) is 0. The number of benzene rings is 1. The Morgan fingerprint density at radius 1 is 0.939 bits per heavy atom. The first-order chi connectivity index (χ1) is 15.8. The highest BCUT2D eigenvalue weighted by molar-refractivity contribution is 7.91. The summed E-state index contributed by atoms with van der Waals surface area (Å²) >= 11 is 0. The topological polar surface area (TPSA) is 101 Å². The Balaban J connectivity index is 1.40. The molecule has 4 rings (SSSR count). The van der Waals surface area contributed by atoms with E-state index in [1.807, 2.05) is 0 Å². The molecule has 2 saturated heterocycles. The van der Waals surface area contributed by atoms with E-state index in [9.17, 15) is 21.6 Å². The van der Waals surface area contributed by atoms with E-state index >= 15 is 0 Å². The molecule has 1 atom stereocenters. The number of hydrogen-bond acceptors (Lipinski definition) is 6. The lowest BCUT2D eigenvalue weighted by Crippen LogP contribution is -2.50. The highest BCUT2D eigenvalue weighted by atomic mass is 32.2. The predicted octanol–water partition coefficient (Wildman–Crippen LogP) is 2.59. The predicted molar refractivity (Wildman–Crippen MR) is 125 cm³/mol. The van der Waals surface area contributed by atoms with Gasteiger partial charge in [0.15, 0.2) is 16.4 Å². The van der Waals surface area contributed by atoms with Gasteiger partial charge in [0.1, 0.15) is 5.75 Å². The molecule has 8 nitrogen and oxygen atoms in total. The average Bonchev–Trinajstić information content (AvgIpc) is 3.18. The summed E-state index contributed by atoms with van der Waals surface area (Å²) in [7, 11) is -6.62. The molecule has 2 heterocycles. The summed E-state index contributed by atoms with van der Waals surface area (Å²) in [6, 6.07) is 5.97. The van der Waals surface area contributed by atoms with Crippen LogP contribution in [0.3, 0.4) is 0 Å². The molecule has 0 N–H and O–H groups in total. The highest BCUT2D eigenvalue weighted by Gasteiger charge is 2.38. The number of ether oxygens (including phenoxy) is 1. The standard InChI is InChI=1S/C23H34N2O6S2/c26-23(25(19-7-3-1-4-8-19)20-13-16-32(27,28)18-20)17-31-21-9-11-22(12-10-21)33(29,30)24-14-5-2-6-15-24/h9-12,19-20H,1-8,13-18H2. The van der Waals surface area contributed by atoms with Gasteiger partial charge in [-0.15, -0.1) is 0 Å². The molecule has 1 aliphatic carbocycles. The van der Waals surface area contributed by atoms with Crippen molar-refractivity contribution in [2.75, 3.05) is 31.2 Å². The zero-order chi connectivity index (χ0) is 23.5. The van der Waals surface area contributed by atoms with E-state index < -0.39 is 19.9 Å². The van der Waals surface area contributed by atoms with Gasteiger partial charge in [0.2, 0.25) is 10.0 Å². The summed E-state index contributed by atoms with van der Waals surface area (Å²) < 4.78 is 56.9. The molecule has 1 unspecified atom stereocenters. The summed E-state index contributed by atoms with van der Waals surface area (Å²) in [5.74, 6) is 0.373. The number of rotatable bonds is 7. The first kappa shape index (κ1) is 24.5. The van der Waals surface area contributed by atoms with E-state index in [0.29, 0.717) is 25.3 Å². The van der Waals surface area contributed by atoms with Crippen molar-refractivity contribution in [3.63, 3.8) is 0 Å². The quantitative estimate of drug-likeness (QED) is 0.573. The second-order valence-electron chi connectivity index (χ2n) is 9.37. The van der Waals surface area contributed by atoms with E-state index in [2.05, 4.69) is 0 Å². The third-order valence-corrected chi connectivity index (χ3v) is 10.7. The maximum absolute atomic E-state index is 13.2. The van der Waals surface area contributed by atoms with Gasteiger partial charge in [-0.3, -0.25) is 4.79 Å². The van der Waals surface area contributed by atoms with Gasteiger partial charge >= 0.3 is 0 Å². The lowest BCUT2D eigenvalue weighted by molar-refractivity contribution is -0.138. The van der Waals surface area contributed by atoms with Gasteiger partial charge in [-0.25, -0.2) is 16.8 Å². The number of sulfonamides is 1. The molecule has 3 aliphatic rings. The molecule has 2 aliphatic heterocycles. The van der Waals surface area contributed by atoms with Crippen molar-refractivity contribution >= 4 is 25.8 Å². The van der Waals surface area contributed by atoms with Crippen LogP contribution in [-0.4, -0.2) is 75.2 Å². The normalized spacial score (nSPS) is 24.4. The van der Waals surface area contributed by atoms with Crippen molar-refractivity contribution in [1.82, 2.24) is 9.21 Å². The largest absolute Gasteiger partial charge is 0.484 e. The third-order valence-electron chi connectivity index (χ3n) is 7.00. The van der Waals surface area contributed by atoms with Gasteiger partial charge in [-0.2, -0.15) is 4.31 Å². The highest BCUT2D eigenvalue weighted by Crippen LogP contribution is 2.29. The average molecular weight is 499 g/mol. The van der Waals surface area contributed by atoms with Crippen LogP contribution in [0.4, 0.5) is 0 Å². The molecule has 1 amide bonds. The molecule has 0 spiro atoms. The number of sulfone groups is 1. The van der Waals surface area contributed by atoms with Crippen molar-refractivity contribution < 1.29 is 26.4 Å². The van der Waals surface area contributed by atoms with Crippen LogP contribution in [0.2, 0.25) is 0 Å². The van der Waals surface area contributed by atoms with Gasteiger partial charge in [0.25, 0.3) is 5.91 Å². The van der Waals surface area contributed by atoms with E-state index in [1.165, 1.54) is 16.4 Å². The van der Waals surface area contributed by atoms with Crippen molar-refractivity contribution in [2.45, 2.75) is 74.8 Å². The molecule has 0 aromatic heterocycles. The molecule has 33 heavy (non-hydrogen) atoms. The lowest BCUT2D eigenvalue weighted by Gasteiger charge is -2.38. The molecule has 0 bridgehead atoms. The maximum Gasteiger partial charge on any atom is 0.261 e. The van der Waals surface area contributed by atoms with Crippen molar-refractivity contribution in [3.8, 4) is 5.75 Å². The van der Waals surface area contributed by atoms with Crippen molar-refractivity contribution in [1.29, 1.82) is 0 Å². The van der Waals surface area contributed by atoms with Crippen LogP contribution in [0.1, 0.15) is 57.8 Å². The van der Waals surface area contributed by atoms with Crippen LogP contribution in [-0.2, 0) is 24.7 Å². The second kappa shape index (κ2) is 10.3. The minimum atomic E-state index is -3.51. The molecular weight excluding hydrogens is 464 g/mol. The number of amides is 1. The molecule has 10 heteroatoms. The fraction of sp³-hybridized carbons (Fsp3) is 0.696. The summed E-state index contributed by atoms with van der Waals surface area (Å²) in [5, 5.41) is 0. The Labute approximate surface area is 197 Å². The minimum Gasteiger partial charge on any atom is -0.484 e. The minimum absolute atomic E-state index is 0.0261. The number of carbonyl (C=O) groups is 1. The summed E-state index contributed by atoms with van der Waals surface area (Å²) in [5.41, 5.74) is 0. The number of carbonyl (C=O) groups excluding carboxylic acids is 1. The SMILES string of the molecule is O=C(COc1ccc(S(=O)(=O)N2CCCCC2)cc1)N(C1CCCCC1)C1CCS(=O)(=O)C1. The number of piperidine rings is 1. The zero-order valence-corrected chi connectivity index (χ0v) is 20.7. The fourth-order valence-corrected chi connectivity index (χ4v) is 8.47. The first-order valence-electron chi connectivity index (χ1n) is 12.0. The fourth-order valence-electron chi connectivity index (χ4n) is 5.24. The zero-order valence-electron chi connectivity index (χ0n) is 19.0. The van der Waals surface area contributed by atoms with Gasteiger partial charge in [-0.1, -0.05) is 25.7 Å². The summed E-state index contributed by atoms with van der Waals surface area (Å²) in [6.07, 6.45) is 8.31. The van der Waals surface area contributed by atoms with Gasteiger partial charge in [-0.05, 0) is 56.4 Å². The third kappa shape index (κ3) is 5.89. The van der Waals surface area contributed by atoms with Crippen LogP contribution in [0.15, 0.2) is 29.2 Å². The Hall–Kier alpha value is -1.65. The van der Waals surface area contributed by atoms with Gasteiger partial charge < -0.3 is 9.64 Å². The van der Waals surface area contributed by atoms with Crippen LogP contribution in [0, 0.1) is 0 Å². The number of nitrogens with zero attached hydrogens (tertiary/aromatic N) is 2. The van der Waals surface area contributed by atoms with Crippen molar-refractivity contribution in [2.24, 2.45) is 0 Å². The van der Waals surface area contributed by atoms with Crippen molar-refractivity contribution in [3.05, 3.63) is 24.3 Å². The maximum atomic E-state index is 13.2. The summed E-state index contributed by atoms with van der Waals surface area (Å²) in [6.45, 7) is 0.900. The Morgan fingerprint density at radius 2 is 1.58 bits per heavy atom. The molecule has 3 fully saturated rings. The first-order valence-corrected chi connectivity index (χ1v) is 15.3. The van der Waals surface area contributed by atoms with Crippen LogP contribution in [0.5, 0.6) is 5.75 Å². The van der Waals surface area contributed by atoms with Gasteiger partial charge in [0.05, 0.1) is 16.4 Å². The molecule has 1 aromatic carbocycles. The summed E-state index contributed by atoms with van der Waals surface area (Å²) in [4.78, 5) is 15.2. The monoisotopic (exact) mass is 498 g/mol. The smallest absolute Gasteiger partial charge is 0.261 e. The molecular formula is C23H34N2O6S2. The molecule has 1 aromatic rings. The van der Waals surface area contributed by atoms with E-state index in [1.54, 1.807) is 17.0 Å². The van der Waals surface area contributed by atoms with E-state index in [4.69, 9.17) is 4.74 Å². The second-order valence-corrected chi connectivity index (χ2v) is 13.5. The van der Waals surface area contributed by atoms with Crippen LogP contribution >= 0.6 is 0 Å². The van der Waals surface area contributed by atoms with E-state index in [0.717, 1.165) is 51.4 Å². The van der Waals surface area contributed by atoms with Gasteiger partial charge in [0, 0.05) is 25.2 Å². The molecule has 0 radical (unpaired) electrons. The van der Waals surface area contributed by atoms with Crippen LogP contribution < -0.4 is 4.74 Å². The molecule has 184 valence electrons. The Morgan fingerprint density at radius 3 is 2.18 bits per heavy atom. The Kier molecular flexibility index (Phi) is 7.65. The Bertz CT molecular complexity index is 1030. The van der Waals surface area contributed by atoms with E-state index in [-0.39, 0.29) is 41.0 Å². The lowest BCUT2D eigenvalue weighted by atomic mass is 9.93. The van der Waals surface area contributed by atoms with Crippen LogP contribution in [0.25, 0.3) is 0 Å². The molecule has 1 saturated carbocycles.